The van der Waals surface area contributed by atoms with Gasteiger partial charge in [-0.1, -0.05) is 295 Å². The number of hydrogen-bond acceptors (Lipinski definition) is 0. The molecule has 74 heavy (non-hydrogen) atoms. The van der Waals surface area contributed by atoms with E-state index in [-0.39, 0.29) is 5.41 Å². The molecule has 0 heterocycles. The number of aryl methyl sites for hydroxylation is 3. The van der Waals surface area contributed by atoms with E-state index in [2.05, 4.69) is 260 Å². The molecule has 0 radical (unpaired) electrons. The molecule has 0 aliphatic heterocycles. The Labute approximate surface area is 446 Å². The number of fused-ring (bicyclic) bond motifs is 5. The van der Waals surface area contributed by atoms with Crippen LogP contribution in [0.3, 0.4) is 0 Å². The number of hydrogen-bond donors (Lipinski definition) is 0. The van der Waals surface area contributed by atoms with Crippen LogP contribution in [0.1, 0.15) is 116 Å². The largest absolute Gasteiger partial charge is 0.113 e. The fourth-order valence-electron chi connectivity index (χ4n) is 10.3. The van der Waals surface area contributed by atoms with Crippen molar-refractivity contribution in [2.45, 2.75) is 86.0 Å². The molecule has 0 spiro atoms. The number of benzene rings is 7. The van der Waals surface area contributed by atoms with Crippen LogP contribution in [0.5, 0.6) is 0 Å². The normalized spacial score (nSPS) is 16.2. The molecule has 0 saturated heterocycles. The molecule has 0 fully saturated rings. The van der Waals surface area contributed by atoms with E-state index < -0.39 is 5.41 Å². The van der Waals surface area contributed by atoms with Crippen molar-refractivity contribution < 1.29 is 0 Å². The van der Waals surface area contributed by atoms with Crippen LogP contribution in [-0.2, 0) is 10.8 Å². The van der Waals surface area contributed by atoms with E-state index in [1.54, 1.807) is 6.08 Å². The zero-order valence-corrected chi connectivity index (χ0v) is 45.5. The fraction of sp³-hybridized carbons (Fsp3) is 0.176. The summed E-state index contributed by atoms with van der Waals surface area (Å²) in [6.45, 7) is 27.0. The first-order valence-electron chi connectivity index (χ1n) is 26.5. The van der Waals surface area contributed by atoms with Crippen molar-refractivity contribution in [3.63, 3.8) is 0 Å². The second kappa shape index (κ2) is 27.2. The summed E-state index contributed by atoms with van der Waals surface area (Å²) >= 11 is 0. The standard InChI is InChI=1S/C40H32.C14H16.C9H8.C7H8.2C2H6/c1-28-15-14-17-30(27-28)40(35-22-8-5-19-32(35)33-20-6-9-23-36(33)40)38-25-11-10-24-37(38)39(3)26-13-12-16-29(2)31-18-4-7-21-34(31)39;1-4-5-6-9-12(2)14-11-8-7-10-13(14)3;1-2-5-9-7-3-6-8(9)4-1;1-7-5-3-2-4-6-7;2*1-2/h4-27H,2H2,1,3H3;4-11H,1H2,2-3H3;1,3-4,7H,2,5H2;2-6H,1H3;2*1-2H3/b16-12-,26-13?;6-5-,12-9+;;;;. The minimum absolute atomic E-state index is 0.385. The van der Waals surface area contributed by atoms with Crippen LogP contribution in [0, 0.1) is 20.8 Å². The Hall–Kier alpha value is -8.02. The van der Waals surface area contributed by atoms with Crippen LogP contribution in [0.15, 0.2) is 279 Å². The van der Waals surface area contributed by atoms with Crippen molar-refractivity contribution in [1.29, 1.82) is 0 Å². The predicted molar refractivity (Wildman–Crippen MR) is 325 cm³/mol. The minimum atomic E-state index is -0.461. The lowest BCUT2D eigenvalue weighted by molar-refractivity contribution is 0.671. The average molecular weight is 965 g/mol. The van der Waals surface area contributed by atoms with Gasteiger partial charge in [-0.2, -0.15) is 0 Å². The molecule has 0 saturated carbocycles. The van der Waals surface area contributed by atoms with Crippen molar-refractivity contribution in [2.75, 3.05) is 0 Å². The van der Waals surface area contributed by atoms with Crippen LogP contribution in [-0.4, -0.2) is 0 Å². The Morgan fingerprint density at radius 1 is 0.568 bits per heavy atom. The zero-order valence-electron chi connectivity index (χ0n) is 45.5. The van der Waals surface area contributed by atoms with Gasteiger partial charge in [0.05, 0.1) is 5.41 Å². The summed E-state index contributed by atoms with van der Waals surface area (Å²) in [5, 5.41) is 0. The summed E-state index contributed by atoms with van der Waals surface area (Å²) in [6.07, 6.45) is 27.5. The lowest BCUT2D eigenvalue weighted by Crippen LogP contribution is -2.34. The summed E-state index contributed by atoms with van der Waals surface area (Å²) in [6, 6.07) is 63.6. The molecule has 4 aliphatic rings. The SMILES string of the molecule is C1=CC=C2CCC=CC=12.C=C/C=C\C=C(/C)c1ccccc1C.C=C1/C=C\C=CC(C)(c2ccccc2C2(c3cccc(C)c3)c3ccccc3-c3ccccc32)c2ccccc21.CC.CC.Cc1ccccc1. The summed E-state index contributed by atoms with van der Waals surface area (Å²) in [4.78, 5) is 0. The number of allylic oxidation sites excluding steroid dienone is 15. The van der Waals surface area contributed by atoms with Gasteiger partial charge in [0.2, 0.25) is 0 Å². The molecule has 0 amide bonds. The maximum atomic E-state index is 4.43. The first-order chi connectivity index (χ1) is 36.2. The van der Waals surface area contributed by atoms with Crippen LogP contribution in [0.25, 0.3) is 22.3 Å². The highest BCUT2D eigenvalue weighted by Gasteiger charge is 2.48. The molecule has 0 bridgehead atoms. The Morgan fingerprint density at radius 2 is 1.14 bits per heavy atom. The molecule has 372 valence electrons. The van der Waals surface area contributed by atoms with E-state index in [9.17, 15) is 0 Å². The lowest BCUT2D eigenvalue weighted by atomic mass is 9.61. The third-order valence-electron chi connectivity index (χ3n) is 13.8. The molecule has 4 aliphatic carbocycles. The zero-order chi connectivity index (χ0) is 52.9. The summed E-state index contributed by atoms with van der Waals surface area (Å²) in [5.74, 6) is 0. The maximum absolute atomic E-state index is 4.43. The molecule has 0 heteroatoms. The predicted octanol–water partition coefficient (Wildman–Crippen LogP) is 20.3. The van der Waals surface area contributed by atoms with Gasteiger partial charge in [-0.25, -0.2) is 0 Å². The highest BCUT2D eigenvalue weighted by Crippen LogP contribution is 2.58. The van der Waals surface area contributed by atoms with Gasteiger partial charge in [-0.3, -0.25) is 0 Å². The smallest absolute Gasteiger partial charge is 0.0716 e. The third-order valence-corrected chi connectivity index (χ3v) is 13.8. The molecule has 7 aromatic carbocycles. The van der Waals surface area contributed by atoms with Gasteiger partial charge >= 0.3 is 0 Å². The van der Waals surface area contributed by atoms with Crippen molar-refractivity contribution in [3.8, 4) is 11.1 Å². The first kappa shape index (κ1) is 55.3. The Kier molecular flexibility index (Phi) is 20.3. The van der Waals surface area contributed by atoms with Crippen molar-refractivity contribution in [1.82, 2.24) is 0 Å². The topological polar surface area (TPSA) is 0 Å². The van der Waals surface area contributed by atoms with E-state index in [0.717, 1.165) is 5.57 Å². The Bertz CT molecular complexity index is 3230. The van der Waals surface area contributed by atoms with E-state index in [1.807, 2.05) is 64.1 Å². The molecule has 0 aromatic heterocycles. The van der Waals surface area contributed by atoms with E-state index >= 15 is 0 Å². The van der Waals surface area contributed by atoms with Crippen LogP contribution in [0.4, 0.5) is 0 Å². The fourth-order valence-corrected chi connectivity index (χ4v) is 10.3. The van der Waals surface area contributed by atoms with Gasteiger partial charge in [0, 0.05) is 11.0 Å². The van der Waals surface area contributed by atoms with Gasteiger partial charge in [0.1, 0.15) is 0 Å². The highest BCUT2D eigenvalue weighted by atomic mass is 14.5. The van der Waals surface area contributed by atoms with Crippen LogP contribution < -0.4 is 0 Å². The molecule has 0 N–H and O–H groups in total. The molecular formula is C74H76. The molecule has 1 unspecified atom stereocenters. The average Bonchev–Trinajstić information content (AvgIpc) is 4.06. The van der Waals surface area contributed by atoms with Gasteiger partial charge in [-0.15, -0.1) is 5.73 Å². The number of rotatable bonds is 6. The Balaban J connectivity index is 0.000000211. The van der Waals surface area contributed by atoms with Gasteiger partial charge in [-0.05, 0) is 131 Å². The lowest BCUT2D eigenvalue weighted by Gasteiger charge is -2.40. The molecule has 7 aromatic rings. The van der Waals surface area contributed by atoms with Gasteiger partial charge < -0.3 is 0 Å². The summed E-state index contributed by atoms with van der Waals surface area (Å²) in [5.41, 5.74) is 24.3. The third kappa shape index (κ3) is 12.4. The highest BCUT2D eigenvalue weighted by molar-refractivity contribution is 5.87. The van der Waals surface area contributed by atoms with Crippen LogP contribution >= 0.6 is 0 Å². The molecular weight excluding hydrogens is 889 g/mol. The summed E-state index contributed by atoms with van der Waals surface area (Å²) in [7, 11) is 0. The second-order valence-corrected chi connectivity index (χ2v) is 18.5. The van der Waals surface area contributed by atoms with Crippen molar-refractivity contribution in [2.24, 2.45) is 0 Å². The van der Waals surface area contributed by atoms with Gasteiger partial charge in [0.15, 0.2) is 0 Å². The molecule has 1 atom stereocenters. The van der Waals surface area contributed by atoms with Crippen molar-refractivity contribution in [3.05, 3.63) is 340 Å². The van der Waals surface area contributed by atoms with E-state index in [0.29, 0.717) is 0 Å². The molecule has 11 rings (SSSR count). The van der Waals surface area contributed by atoms with Gasteiger partial charge in [0.25, 0.3) is 0 Å². The molecule has 0 nitrogen and oxygen atoms in total. The van der Waals surface area contributed by atoms with Crippen molar-refractivity contribution >= 4 is 11.1 Å². The quantitative estimate of drug-likeness (QED) is 0.115. The first-order valence-corrected chi connectivity index (χ1v) is 26.5. The maximum Gasteiger partial charge on any atom is 0.0716 e. The summed E-state index contributed by atoms with van der Waals surface area (Å²) < 4.78 is 0. The monoisotopic (exact) mass is 965 g/mol. The Morgan fingerprint density at radius 3 is 1.74 bits per heavy atom. The second-order valence-electron chi connectivity index (χ2n) is 18.5. The minimum Gasteiger partial charge on any atom is -0.113 e. The van der Waals surface area contributed by atoms with E-state index in [4.69, 9.17) is 0 Å². The van der Waals surface area contributed by atoms with E-state index in [1.165, 1.54) is 102 Å². The van der Waals surface area contributed by atoms with Crippen LogP contribution in [0.2, 0.25) is 0 Å².